The lowest BCUT2D eigenvalue weighted by Crippen LogP contribution is -2.07. The fourth-order valence-corrected chi connectivity index (χ4v) is 2.66. The van der Waals surface area contributed by atoms with Gasteiger partial charge in [0.2, 0.25) is 5.56 Å². The fraction of sp³-hybridized carbons (Fsp3) is 0.143. The smallest absolute Gasteiger partial charge is 0.290 e. The van der Waals surface area contributed by atoms with Crippen molar-refractivity contribution in [3.63, 3.8) is 0 Å². The molecule has 0 saturated carbocycles. The first-order valence-corrected chi connectivity index (χ1v) is 8.64. The number of nitrogens with zero attached hydrogens (tertiary/aromatic N) is 2. The zero-order valence-electron chi connectivity index (χ0n) is 15.9. The van der Waals surface area contributed by atoms with E-state index in [1.165, 1.54) is 6.07 Å². The van der Waals surface area contributed by atoms with Crippen molar-refractivity contribution in [1.29, 1.82) is 5.26 Å². The van der Waals surface area contributed by atoms with Crippen molar-refractivity contribution in [2.45, 2.75) is 20.0 Å². The van der Waals surface area contributed by atoms with Crippen LogP contribution >= 0.6 is 0 Å². The lowest BCUT2D eigenvalue weighted by Gasteiger charge is -2.15. The summed E-state index contributed by atoms with van der Waals surface area (Å²) in [7, 11) is 0. The Morgan fingerprint density at radius 3 is 2.52 bits per heavy atom. The monoisotopic (exact) mass is 392 g/mol. The highest BCUT2D eigenvalue weighted by Crippen LogP contribution is 2.34. The van der Waals surface area contributed by atoms with E-state index in [2.05, 4.69) is 16.0 Å². The van der Waals surface area contributed by atoms with Crippen LogP contribution in [0.1, 0.15) is 19.4 Å². The molecule has 29 heavy (non-hydrogen) atoms. The number of ether oxygens (including phenoxy) is 1. The molecule has 0 radical (unpaired) electrons. The van der Waals surface area contributed by atoms with Crippen LogP contribution in [-0.2, 0) is 4.79 Å². The number of pyridine rings is 2. The molecular formula is C21H20N4O4. The van der Waals surface area contributed by atoms with E-state index in [0.29, 0.717) is 22.6 Å². The van der Waals surface area contributed by atoms with Crippen molar-refractivity contribution in [3.05, 3.63) is 64.6 Å². The van der Waals surface area contributed by atoms with Crippen molar-refractivity contribution < 1.29 is 14.6 Å². The summed E-state index contributed by atoms with van der Waals surface area (Å²) in [5.41, 5.74) is 8.75. The van der Waals surface area contributed by atoms with Gasteiger partial charge in [-0.1, -0.05) is 12.1 Å². The van der Waals surface area contributed by atoms with Crippen molar-refractivity contribution in [3.8, 4) is 34.2 Å². The van der Waals surface area contributed by atoms with Gasteiger partial charge < -0.3 is 20.6 Å². The molecule has 148 valence electrons. The second-order valence-corrected chi connectivity index (χ2v) is 6.14. The predicted octanol–water partition coefficient (Wildman–Crippen LogP) is 3.05. The van der Waals surface area contributed by atoms with Gasteiger partial charge in [0.1, 0.15) is 23.2 Å². The number of aromatic amines is 1. The zero-order valence-corrected chi connectivity index (χ0v) is 15.9. The van der Waals surface area contributed by atoms with E-state index in [0.717, 1.165) is 5.56 Å². The van der Waals surface area contributed by atoms with Crippen LogP contribution in [0.5, 0.6) is 5.75 Å². The van der Waals surface area contributed by atoms with Crippen molar-refractivity contribution in [2.24, 2.45) is 0 Å². The minimum absolute atomic E-state index is 0.00514. The number of hydrogen-bond donors (Lipinski definition) is 3. The van der Waals surface area contributed by atoms with Gasteiger partial charge in [0.05, 0.1) is 11.8 Å². The summed E-state index contributed by atoms with van der Waals surface area (Å²) in [5.74, 6) is 0.817. The van der Waals surface area contributed by atoms with Crippen LogP contribution in [0.4, 0.5) is 5.82 Å². The summed E-state index contributed by atoms with van der Waals surface area (Å²) in [6.45, 7) is 3.65. The largest absolute Gasteiger partial charge is 0.490 e. The van der Waals surface area contributed by atoms with Gasteiger partial charge in [-0.05, 0) is 43.7 Å². The molecule has 1 aromatic carbocycles. The van der Waals surface area contributed by atoms with Gasteiger partial charge in [-0.2, -0.15) is 5.26 Å². The number of rotatable bonds is 4. The molecule has 8 nitrogen and oxygen atoms in total. The molecule has 0 atom stereocenters. The number of para-hydroxylation sites is 1. The minimum Gasteiger partial charge on any atom is -0.490 e. The maximum Gasteiger partial charge on any atom is 0.290 e. The Labute approximate surface area is 167 Å². The predicted molar refractivity (Wildman–Crippen MR) is 109 cm³/mol. The quantitative estimate of drug-likeness (QED) is 0.579. The number of carboxylic acid groups (broad SMARTS) is 1. The van der Waals surface area contributed by atoms with Gasteiger partial charge in [-0.15, -0.1) is 0 Å². The highest BCUT2D eigenvalue weighted by Gasteiger charge is 2.16. The Hall–Kier alpha value is -4.12. The summed E-state index contributed by atoms with van der Waals surface area (Å²) in [5, 5.41) is 16.4. The van der Waals surface area contributed by atoms with Crippen LogP contribution < -0.4 is 16.0 Å². The zero-order chi connectivity index (χ0) is 21.4. The summed E-state index contributed by atoms with van der Waals surface area (Å²) in [6, 6.07) is 14.5. The summed E-state index contributed by atoms with van der Waals surface area (Å²) in [4.78, 5) is 26.7. The lowest BCUT2D eigenvalue weighted by atomic mass is 9.99. The molecule has 0 bridgehead atoms. The van der Waals surface area contributed by atoms with E-state index in [4.69, 9.17) is 20.4 Å². The number of hydrogen-bond acceptors (Lipinski definition) is 6. The van der Waals surface area contributed by atoms with E-state index in [-0.39, 0.29) is 29.5 Å². The fourth-order valence-electron chi connectivity index (χ4n) is 2.66. The third-order valence-electron chi connectivity index (χ3n) is 3.78. The number of benzene rings is 1. The van der Waals surface area contributed by atoms with E-state index in [1.807, 2.05) is 38.1 Å². The number of anilines is 1. The number of nitriles is 1. The van der Waals surface area contributed by atoms with Gasteiger partial charge in [0.25, 0.3) is 6.47 Å². The average Bonchev–Trinajstić information content (AvgIpc) is 2.68. The number of nitrogen functional groups attached to an aromatic ring is 1. The van der Waals surface area contributed by atoms with Crippen LogP contribution in [0.3, 0.4) is 0 Å². The number of nitrogens with two attached hydrogens (primary N) is 1. The first-order valence-electron chi connectivity index (χ1n) is 8.64. The molecule has 0 amide bonds. The molecule has 0 spiro atoms. The second-order valence-electron chi connectivity index (χ2n) is 6.14. The van der Waals surface area contributed by atoms with Gasteiger partial charge >= 0.3 is 0 Å². The summed E-state index contributed by atoms with van der Waals surface area (Å²) in [6.07, 6.45) is 1.56. The third-order valence-corrected chi connectivity index (χ3v) is 3.78. The Bertz CT molecular complexity index is 1080. The van der Waals surface area contributed by atoms with Crippen LogP contribution in [0.25, 0.3) is 22.4 Å². The van der Waals surface area contributed by atoms with Crippen LogP contribution in [0.2, 0.25) is 0 Å². The van der Waals surface area contributed by atoms with Crippen LogP contribution in [0.15, 0.2) is 53.5 Å². The topological polar surface area (TPSA) is 142 Å². The first kappa shape index (κ1) is 21.2. The molecule has 0 unspecified atom stereocenters. The normalized spacial score (nSPS) is 9.86. The lowest BCUT2D eigenvalue weighted by molar-refractivity contribution is -0.122. The molecule has 3 rings (SSSR count). The molecule has 4 N–H and O–H groups in total. The van der Waals surface area contributed by atoms with Crippen LogP contribution in [0, 0.1) is 11.3 Å². The number of H-pyrrole nitrogens is 1. The highest BCUT2D eigenvalue weighted by molar-refractivity contribution is 5.81. The third kappa shape index (κ3) is 5.20. The molecule has 3 aromatic rings. The summed E-state index contributed by atoms with van der Waals surface area (Å²) >= 11 is 0. The first-order chi connectivity index (χ1) is 13.9. The SMILES string of the molecule is CC(C)Oc1ccccc1-c1cc(-c2ccc(=O)[nH]c2)c(C#N)c(N)n1.O=CO. The Balaban J connectivity index is 0.000000941. The molecule has 2 aromatic heterocycles. The minimum atomic E-state index is -0.250. The molecule has 0 aliphatic rings. The van der Waals surface area contributed by atoms with Gasteiger partial charge in [0, 0.05) is 23.4 Å². The standard InChI is InChI=1S/C20H18N4O2.CH2O2/c1-12(2)26-18-6-4-3-5-14(18)17-9-15(16(10-21)20(22)24-17)13-7-8-19(25)23-11-13;2-1-3/h3-9,11-12H,1-2H3,(H2,22,24)(H,23,25);1H,(H,2,3). The van der Waals surface area contributed by atoms with Crippen molar-refractivity contribution >= 4 is 12.3 Å². The van der Waals surface area contributed by atoms with E-state index in [1.54, 1.807) is 18.3 Å². The van der Waals surface area contributed by atoms with E-state index < -0.39 is 0 Å². The average molecular weight is 392 g/mol. The maximum absolute atomic E-state index is 11.3. The molecule has 0 aliphatic carbocycles. The number of carbonyl (C=O) groups is 1. The molecule has 8 heteroatoms. The van der Waals surface area contributed by atoms with Crippen LogP contribution in [-0.4, -0.2) is 27.7 Å². The van der Waals surface area contributed by atoms with E-state index in [9.17, 15) is 10.1 Å². The van der Waals surface area contributed by atoms with Gasteiger partial charge in [-0.25, -0.2) is 4.98 Å². The molecule has 0 saturated heterocycles. The van der Waals surface area contributed by atoms with Gasteiger partial charge in [-0.3, -0.25) is 9.59 Å². The molecular weight excluding hydrogens is 372 g/mol. The Morgan fingerprint density at radius 1 is 1.24 bits per heavy atom. The highest BCUT2D eigenvalue weighted by atomic mass is 16.5. The Kier molecular flexibility index (Phi) is 7.09. The second kappa shape index (κ2) is 9.71. The van der Waals surface area contributed by atoms with Crippen molar-refractivity contribution in [1.82, 2.24) is 9.97 Å². The van der Waals surface area contributed by atoms with Gasteiger partial charge in [0.15, 0.2) is 0 Å². The summed E-state index contributed by atoms with van der Waals surface area (Å²) < 4.78 is 5.86. The molecule has 0 aliphatic heterocycles. The number of nitrogens with one attached hydrogen (secondary N) is 1. The molecule has 0 fully saturated rings. The number of aromatic nitrogens is 2. The van der Waals surface area contributed by atoms with Crippen molar-refractivity contribution in [2.75, 3.05) is 5.73 Å². The van der Waals surface area contributed by atoms with E-state index >= 15 is 0 Å². The Morgan fingerprint density at radius 2 is 1.93 bits per heavy atom. The maximum atomic E-state index is 11.3. The molecule has 2 heterocycles.